The first-order valence-electron chi connectivity index (χ1n) is 11.8. The number of alkyl halides is 1. The Bertz CT molecular complexity index is 1090. The highest BCUT2D eigenvalue weighted by atomic mass is 127. The summed E-state index contributed by atoms with van der Waals surface area (Å²) in [5.74, 6) is 6.92. The Morgan fingerprint density at radius 1 is 1.17 bits per heavy atom. The number of hydrogen-bond acceptors (Lipinski definition) is 5. The highest BCUT2D eigenvalue weighted by Gasteiger charge is 2.29. The van der Waals surface area contributed by atoms with Gasteiger partial charge in [-0.05, 0) is 50.6 Å². The zero-order valence-corrected chi connectivity index (χ0v) is 24.4. The number of hydroxylamine groups is 2. The number of benzene rings is 2. The Balaban J connectivity index is 1.68. The van der Waals surface area contributed by atoms with Crippen molar-refractivity contribution in [2.45, 2.75) is 43.3 Å². The molecule has 0 aliphatic carbocycles. The molecule has 2 aromatic carbocycles. The van der Waals surface area contributed by atoms with E-state index in [2.05, 4.69) is 39.3 Å². The van der Waals surface area contributed by atoms with Crippen LogP contribution in [0.15, 0.2) is 42.5 Å². The molecular weight excluding hydrogens is 614 g/mol. The first kappa shape index (κ1) is 28.9. The molecule has 3 rings (SSSR count). The van der Waals surface area contributed by atoms with E-state index in [-0.39, 0.29) is 4.05 Å². The molecule has 1 saturated heterocycles. The van der Waals surface area contributed by atoms with E-state index in [1.165, 1.54) is 5.06 Å². The van der Waals surface area contributed by atoms with Crippen LogP contribution in [0, 0.1) is 11.8 Å². The van der Waals surface area contributed by atoms with Gasteiger partial charge in [0.25, 0.3) is 0 Å². The van der Waals surface area contributed by atoms with Gasteiger partial charge in [-0.15, -0.1) is 5.06 Å². The van der Waals surface area contributed by atoms with E-state index in [0.29, 0.717) is 22.2 Å². The molecule has 194 valence electrons. The van der Waals surface area contributed by atoms with Crippen molar-refractivity contribution in [2.75, 3.05) is 32.8 Å². The van der Waals surface area contributed by atoms with E-state index >= 15 is 0 Å². The summed E-state index contributed by atoms with van der Waals surface area (Å²) in [5.41, 5.74) is 1.29. The van der Waals surface area contributed by atoms with Crippen molar-refractivity contribution in [3.05, 3.63) is 63.6 Å². The molecule has 0 bridgehead atoms. The van der Waals surface area contributed by atoms with Crippen molar-refractivity contribution in [2.24, 2.45) is 0 Å². The second kappa shape index (κ2) is 13.7. The number of halogens is 3. The fourth-order valence-electron chi connectivity index (χ4n) is 3.42. The molecule has 1 aliphatic rings. The molecule has 0 spiro atoms. The van der Waals surface area contributed by atoms with E-state index in [0.717, 1.165) is 50.4 Å². The maximum Gasteiger partial charge on any atom is 0.444 e. The molecule has 1 unspecified atom stereocenters. The average molecular weight is 645 g/mol. The van der Waals surface area contributed by atoms with E-state index in [1.54, 1.807) is 18.2 Å². The predicted octanol–water partition coefficient (Wildman–Crippen LogP) is 6.60. The number of rotatable bonds is 7. The second-order valence-corrected chi connectivity index (χ2v) is 11.6. The summed E-state index contributed by atoms with van der Waals surface area (Å²) in [6.45, 7) is 9.90. The summed E-state index contributed by atoms with van der Waals surface area (Å²) >= 11 is 14.3. The third-order valence-corrected chi connectivity index (χ3v) is 6.83. The van der Waals surface area contributed by atoms with Crippen LogP contribution in [0.4, 0.5) is 4.79 Å². The summed E-state index contributed by atoms with van der Waals surface area (Å²) in [6.07, 6.45) is 0.750. The minimum absolute atomic E-state index is 0.336. The van der Waals surface area contributed by atoms with Crippen molar-refractivity contribution in [1.82, 2.24) is 9.96 Å². The molecule has 9 heteroatoms. The van der Waals surface area contributed by atoms with Crippen LogP contribution >= 0.6 is 45.8 Å². The number of morpholine rings is 1. The van der Waals surface area contributed by atoms with Crippen molar-refractivity contribution < 1.29 is 19.1 Å². The van der Waals surface area contributed by atoms with Gasteiger partial charge in [0.15, 0.2) is 5.75 Å². The van der Waals surface area contributed by atoms with Gasteiger partial charge in [0.1, 0.15) is 9.65 Å². The lowest BCUT2D eigenvalue weighted by Crippen LogP contribution is -2.43. The van der Waals surface area contributed by atoms with Crippen LogP contribution in [-0.2, 0) is 15.9 Å². The minimum atomic E-state index is -0.677. The third kappa shape index (κ3) is 9.64. The van der Waals surface area contributed by atoms with Gasteiger partial charge in [-0.2, -0.15) is 0 Å². The Hall–Kier alpha value is -1.70. The summed E-state index contributed by atoms with van der Waals surface area (Å²) in [6, 6.07) is 12.9. The Morgan fingerprint density at radius 2 is 1.92 bits per heavy atom. The minimum Gasteiger partial charge on any atom is -0.442 e. The smallest absolute Gasteiger partial charge is 0.442 e. The zero-order chi connectivity index (χ0) is 26.1. The Morgan fingerprint density at radius 3 is 2.61 bits per heavy atom. The lowest BCUT2D eigenvalue weighted by molar-refractivity contribution is -0.0758. The van der Waals surface area contributed by atoms with Gasteiger partial charge in [-0.1, -0.05) is 69.8 Å². The first-order chi connectivity index (χ1) is 17.1. The summed E-state index contributed by atoms with van der Waals surface area (Å²) < 4.78 is 10.6. The van der Waals surface area contributed by atoms with Gasteiger partial charge in [0.2, 0.25) is 0 Å². The molecule has 0 radical (unpaired) electrons. The lowest BCUT2D eigenvalue weighted by atomic mass is 10.1. The van der Waals surface area contributed by atoms with Gasteiger partial charge in [0, 0.05) is 44.1 Å². The molecule has 1 atom stereocenters. The summed E-state index contributed by atoms with van der Waals surface area (Å²) in [5, 5.41) is 1.97. The number of carbonyl (C=O) groups excluding carboxylic acids is 1. The van der Waals surface area contributed by atoms with Crippen LogP contribution < -0.4 is 4.84 Å². The van der Waals surface area contributed by atoms with Gasteiger partial charge < -0.3 is 14.3 Å². The van der Waals surface area contributed by atoms with Gasteiger partial charge in [-0.25, -0.2) is 4.79 Å². The lowest BCUT2D eigenvalue weighted by Gasteiger charge is -2.30. The van der Waals surface area contributed by atoms with Gasteiger partial charge in [0.05, 0.1) is 23.3 Å². The Labute approximate surface area is 237 Å². The monoisotopic (exact) mass is 644 g/mol. The fourth-order valence-corrected chi connectivity index (χ4v) is 4.56. The normalized spacial score (nSPS) is 14.9. The molecule has 1 aliphatic heterocycles. The molecule has 2 aromatic rings. The van der Waals surface area contributed by atoms with Crippen LogP contribution in [0.25, 0.3) is 0 Å². The van der Waals surface area contributed by atoms with E-state index < -0.39 is 11.7 Å². The van der Waals surface area contributed by atoms with Gasteiger partial charge >= 0.3 is 6.09 Å². The molecule has 1 fully saturated rings. The molecule has 0 N–H and O–H groups in total. The second-order valence-electron chi connectivity index (χ2n) is 9.32. The van der Waals surface area contributed by atoms with Crippen molar-refractivity contribution in [3.8, 4) is 17.6 Å². The van der Waals surface area contributed by atoms with Crippen LogP contribution in [0.2, 0.25) is 10.0 Å². The van der Waals surface area contributed by atoms with Crippen LogP contribution in [-0.4, -0.2) is 58.6 Å². The SMILES string of the molecule is CC(C)(C)OC(=O)N(Oc1ccc(Cl)c(Cl)c1)C(I)Cc1cccc(C#CCCN2CCOCC2)c1. The molecule has 6 nitrogen and oxygen atoms in total. The molecule has 1 amide bonds. The van der Waals surface area contributed by atoms with Crippen LogP contribution in [0.3, 0.4) is 0 Å². The summed E-state index contributed by atoms with van der Waals surface area (Å²) in [7, 11) is 0. The number of carbonyl (C=O) groups is 1. The standard InChI is InChI=1S/C27H31Cl2IN2O4/c1-27(2,3)35-26(33)32(36-22-10-11-23(28)24(29)19-22)25(30)18-21-9-6-8-20(17-21)7-4-5-12-31-13-15-34-16-14-31/h6,8-11,17,19,25H,5,12-16,18H2,1-3H3. The number of ether oxygens (including phenoxy) is 2. The van der Waals surface area contributed by atoms with Crippen molar-refractivity contribution in [3.63, 3.8) is 0 Å². The molecule has 1 heterocycles. The molecule has 36 heavy (non-hydrogen) atoms. The maximum atomic E-state index is 13.0. The maximum absolute atomic E-state index is 13.0. The van der Waals surface area contributed by atoms with Crippen molar-refractivity contribution in [1.29, 1.82) is 0 Å². The fraction of sp³-hybridized carbons (Fsp3) is 0.444. The van der Waals surface area contributed by atoms with Gasteiger partial charge in [-0.3, -0.25) is 4.90 Å². The molecule has 0 saturated carbocycles. The molecular formula is C27H31Cl2IN2O4. The highest BCUT2D eigenvalue weighted by Crippen LogP contribution is 2.29. The van der Waals surface area contributed by atoms with E-state index in [9.17, 15) is 4.79 Å². The van der Waals surface area contributed by atoms with E-state index in [1.807, 2.05) is 45.0 Å². The highest BCUT2D eigenvalue weighted by molar-refractivity contribution is 14.1. The first-order valence-corrected chi connectivity index (χ1v) is 13.8. The van der Waals surface area contributed by atoms with Crippen LogP contribution in [0.5, 0.6) is 5.75 Å². The quantitative estimate of drug-likeness (QED) is 0.112. The van der Waals surface area contributed by atoms with E-state index in [4.69, 9.17) is 37.5 Å². The van der Waals surface area contributed by atoms with Crippen molar-refractivity contribution >= 4 is 51.9 Å². The predicted molar refractivity (Wildman–Crippen MR) is 152 cm³/mol. The zero-order valence-electron chi connectivity index (χ0n) is 20.7. The number of nitrogens with zero attached hydrogens (tertiary/aromatic N) is 2. The largest absolute Gasteiger partial charge is 0.444 e. The summed E-state index contributed by atoms with van der Waals surface area (Å²) in [4.78, 5) is 21.3. The number of amides is 1. The average Bonchev–Trinajstić information content (AvgIpc) is 2.82. The topological polar surface area (TPSA) is 51.2 Å². The molecule has 0 aromatic heterocycles. The van der Waals surface area contributed by atoms with Crippen LogP contribution in [0.1, 0.15) is 38.3 Å². The number of hydrogen-bond donors (Lipinski definition) is 0. The third-order valence-electron chi connectivity index (χ3n) is 5.14. The Kier molecular flexibility index (Phi) is 11.0.